The van der Waals surface area contributed by atoms with Crippen molar-refractivity contribution in [2.75, 3.05) is 6.61 Å². The largest absolute Gasteiger partial charge is 0.376 e. The first-order valence-electron chi connectivity index (χ1n) is 8.03. The summed E-state index contributed by atoms with van der Waals surface area (Å²) in [7, 11) is 0. The molecule has 0 bridgehead atoms. The van der Waals surface area contributed by atoms with Crippen molar-refractivity contribution in [3.05, 3.63) is 46.3 Å². The van der Waals surface area contributed by atoms with Gasteiger partial charge in [-0.25, -0.2) is 14.9 Å². The molecule has 0 amide bonds. The van der Waals surface area contributed by atoms with E-state index in [1.807, 2.05) is 35.9 Å². The molecule has 1 fully saturated rings. The maximum atomic E-state index is 12.0. The van der Waals surface area contributed by atoms with Crippen LogP contribution < -0.4 is 5.69 Å². The van der Waals surface area contributed by atoms with E-state index >= 15 is 0 Å². The molecule has 24 heavy (non-hydrogen) atoms. The average Bonchev–Trinajstić information content (AvgIpc) is 3.28. The van der Waals surface area contributed by atoms with E-state index in [4.69, 9.17) is 4.74 Å². The lowest BCUT2D eigenvalue weighted by Gasteiger charge is -2.10. The van der Waals surface area contributed by atoms with Gasteiger partial charge in [-0.1, -0.05) is 17.8 Å². The van der Waals surface area contributed by atoms with Gasteiger partial charge in [0, 0.05) is 24.8 Å². The summed E-state index contributed by atoms with van der Waals surface area (Å²) in [5, 5.41) is 7.37. The predicted molar refractivity (Wildman–Crippen MR) is 91.3 cm³/mol. The number of H-pyrrole nitrogens is 1. The number of rotatable bonds is 5. The number of aromatic nitrogens is 5. The third-order valence-electron chi connectivity index (χ3n) is 4.21. The minimum absolute atomic E-state index is 0.109. The number of aromatic amines is 1. The van der Waals surface area contributed by atoms with Crippen LogP contribution in [0.15, 0.2) is 34.5 Å². The van der Waals surface area contributed by atoms with Crippen molar-refractivity contribution in [1.29, 1.82) is 0 Å². The van der Waals surface area contributed by atoms with Crippen molar-refractivity contribution in [3.63, 3.8) is 0 Å². The number of pyridine rings is 1. The van der Waals surface area contributed by atoms with Crippen molar-refractivity contribution in [2.45, 2.75) is 43.3 Å². The number of hydrogen-bond donors (Lipinski definition) is 1. The van der Waals surface area contributed by atoms with Crippen LogP contribution >= 0.6 is 11.8 Å². The molecule has 3 aromatic heterocycles. The molecule has 1 N–H and O–H groups in total. The number of hydrogen-bond acceptors (Lipinski definition) is 5. The second-order valence-corrected chi connectivity index (χ2v) is 6.94. The van der Waals surface area contributed by atoms with Crippen LogP contribution in [0.25, 0.3) is 5.65 Å². The Morgan fingerprint density at radius 2 is 2.42 bits per heavy atom. The molecular formula is C16H19N5O2S. The molecule has 0 spiro atoms. The number of imidazole rings is 1. The number of nitrogens with zero attached hydrogens (tertiary/aromatic N) is 4. The Bertz CT molecular complexity index is 907. The van der Waals surface area contributed by atoms with Crippen molar-refractivity contribution >= 4 is 17.4 Å². The van der Waals surface area contributed by atoms with Gasteiger partial charge < -0.3 is 9.14 Å². The normalized spacial score (nSPS) is 17.8. The Hall–Kier alpha value is -2.06. The second kappa shape index (κ2) is 6.45. The lowest BCUT2D eigenvalue weighted by molar-refractivity contribution is 0.0941. The van der Waals surface area contributed by atoms with Crippen LogP contribution in [0.2, 0.25) is 0 Å². The maximum absolute atomic E-state index is 12.0. The monoisotopic (exact) mass is 345 g/mol. The third-order valence-corrected chi connectivity index (χ3v) is 5.22. The van der Waals surface area contributed by atoms with Gasteiger partial charge in [-0.15, -0.1) is 5.10 Å². The van der Waals surface area contributed by atoms with Crippen LogP contribution in [0.3, 0.4) is 0 Å². The Morgan fingerprint density at radius 3 is 3.21 bits per heavy atom. The van der Waals surface area contributed by atoms with E-state index in [1.54, 1.807) is 4.57 Å². The van der Waals surface area contributed by atoms with Crippen LogP contribution in [0.1, 0.15) is 24.1 Å². The Morgan fingerprint density at radius 1 is 1.50 bits per heavy atom. The van der Waals surface area contributed by atoms with Crippen LogP contribution in [0, 0.1) is 6.92 Å². The molecule has 1 saturated heterocycles. The smallest absolute Gasteiger partial charge is 0.344 e. The van der Waals surface area contributed by atoms with Gasteiger partial charge >= 0.3 is 5.69 Å². The van der Waals surface area contributed by atoms with Gasteiger partial charge in [0.1, 0.15) is 5.65 Å². The summed E-state index contributed by atoms with van der Waals surface area (Å²) in [5.41, 5.74) is 2.89. The van der Waals surface area contributed by atoms with Crippen molar-refractivity contribution < 1.29 is 4.74 Å². The zero-order valence-electron chi connectivity index (χ0n) is 13.4. The molecule has 126 valence electrons. The molecule has 3 aromatic rings. The first-order valence-corrected chi connectivity index (χ1v) is 9.02. The molecule has 1 atom stereocenters. The highest BCUT2D eigenvalue weighted by Gasteiger charge is 2.19. The van der Waals surface area contributed by atoms with E-state index in [9.17, 15) is 4.79 Å². The number of aryl methyl sites for hydroxylation is 1. The topological polar surface area (TPSA) is 77.2 Å². The highest BCUT2D eigenvalue weighted by molar-refractivity contribution is 7.98. The molecule has 1 aliphatic heterocycles. The van der Waals surface area contributed by atoms with E-state index < -0.39 is 0 Å². The highest BCUT2D eigenvalue weighted by Crippen LogP contribution is 2.22. The molecule has 0 radical (unpaired) electrons. The Balaban J connectivity index is 1.50. The van der Waals surface area contributed by atoms with E-state index in [-0.39, 0.29) is 11.8 Å². The molecule has 0 aliphatic carbocycles. The van der Waals surface area contributed by atoms with E-state index in [1.165, 1.54) is 11.8 Å². The van der Waals surface area contributed by atoms with Gasteiger partial charge in [-0.2, -0.15) is 0 Å². The van der Waals surface area contributed by atoms with E-state index in [0.717, 1.165) is 36.4 Å². The van der Waals surface area contributed by atoms with Crippen LogP contribution in [-0.4, -0.2) is 36.9 Å². The SMILES string of the molecule is Cc1cccn2cc(CSc3n[nH]c(=O)n3C[C@@H]3CCCO3)nc12. The molecule has 0 saturated carbocycles. The number of ether oxygens (including phenoxy) is 1. The predicted octanol–water partition coefficient (Wildman–Crippen LogP) is 2.00. The first kappa shape index (κ1) is 15.5. The Labute approximate surface area is 143 Å². The number of thioether (sulfide) groups is 1. The molecule has 4 rings (SSSR count). The summed E-state index contributed by atoms with van der Waals surface area (Å²) in [5.74, 6) is 0.664. The van der Waals surface area contributed by atoms with Crippen LogP contribution in [-0.2, 0) is 17.0 Å². The van der Waals surface area contributed by atoms with Crippen LogP contribution in [0.5, 0.6) is 0 Å². The minimum Gasteiger partial charge on any atom is -0.376 e. The fraction of sp³-hybridized carbons (Fsp3) is 0.438. The quantitative estimate of drug-likeness (QED) is 0.716. The summed E-state index contributed by atoms with van der Waals surface area (Å²) in [6.45, 7) is 3.38. The lowest BCUT2D eigenvalue weighted by atomic mass is 10.2. The van der Waals surface area contributed by atoms with Crippen molar-refractivity contribution in [3.8, 4) is 0 Å². The third kappa shape index (κ3) is 2.99. The average molecular weight is 345 g/mol. The lowest BCUT2D eigenvalue weighted by Crippen LogP contribution is -2.24. The Kier molecular flexibility index (Phi) is 4.15. The van der Waals surface area contributed by atoms with Gasteiger partial charge in [0.15, 0.2) is 5.16 Å². The van der Waals surface area contributed by atoms with Gasteiger partial charge in [0.2, 0.25) is 0 Å². The van der Waals surface area contributed by atoms with E-state index in [0.29, 0.717) is 17.5 Å². The second-order valence-electron chi connectivity index (χ2n) is 6.00. The maximum Gasteiger partial charge on any atom is 0.344 e. The minimum atomic E-state index is -0.182. The van der Waals surface area contributed by atoms with Crippen LogP contribution in [0.4, 0.5) is 0 Å². The number of fused-ring (bicyclic) bond motifs is 1. The molecule has 8 heteroatoms. The zero-order chi connectivity index (χ0) is 16.5. The summed E-state index contributed by atoms with van der Waals surface area (Å²) in [4.78, 5) is 16.6. The molecule has 4 heterocycles. The molecule has 7 nitrogen and oxygen atoms in total. The number of nitrogens with one attached hydrogen (secondary N) is 1. The standard InChI is InChI=1S/C16H19N5O2S/c1-11-4-2-6-20-8-12(17-14(11)20)10-24-16-19-18-15(22)21(16)9-13-5-3-7-23-13/h2,4,6,8,13H,3,5,7,9-10H2,1H3,(H,18,22)/t13-/m0/s1. The van der Waals surface area contributed by atoms with Gasteiger partial charge in [-0.3, -0.25) is 4.57 Å². The highest BCUT2D eigenvalue weighted by atomic mass is 32.2. The molecule has 0 unspecified atom stereocenters. The summed E-state index contributed by atoms with van der Waals surface area (Å²) >= 11 is 1.51. The fourth-order valence-corrected chi connectivity index (χ4v) is 3.82. The van der Waals surface area contributed by atoms with Gasteiger partial charge in [-0.05, 0) is 31.4 Å². The molecule has 1 aliphatic rings. The van der Waals surface area contributed by atoms with E-state index in [2.05, 4.69) is 15.2 Å². The van der Waals surface area contributed by atoms with Gasteiger partial charge in [0.25, 0.3) is 0 Å². The van der Waals surface area contributed by atoms with Crippen molar-refractivity contribution in [1.82, 2.24) is 24.1 Å². The molecule has 0 aromatic carbocycles. The first-order chi connectivity index (χ1) is 11.7. The fourth-order valence-electron chi connectivity index (χ4n) is 2.98. The molecular weight excluding hydrogens is 326 g/mol. The summed E-state index contributed by atoms with van der Waals surface area (Å²) in [6.07, 6.45) is 6.17. The van der Waals surface area contributed by atoms with Crippen molar-refractivity contribution in [2.24, 2.45) is 0 Å². The summed E-state index contributed by atoms with van der Waals surface area (Å²) < 4.78 is 9.32. The zero-order valence-corrected chi connectivity index (χ0v) is 14.3. The van der Waals surface area contributed by atoms with Gasteiger partial charge in [0.05, 0.1) is 18.3 Å². The summed E-state index contributed by atoms with van der Waals surface area (Å²) in [6, 6.07) is 4.06.